The first-order chi connectivity index (χ1) is 23.5. The van der Waals surface area contributed by atoms with E-state index in [1.807, 2.05) is 0 Å². The van der Waals surface area contributed by atoms with E-state index in [1.54, 1.807) is 0 Å². The zero-order valence-electron chi connectivity index (χ0n) is 35.8. The molecule has 2 heterocycles. The molecule has 288 valence electrons. The Kier molecular flexibility index (Phi) is 12.9. The summed E-state index contributed by atoms with van der Waals surface area (Å²) in [6.45, 7) is 40.7. The number of epoxide rings is 2. The van der Waals surface area contributed by atoms with Crippen LogP contribution in [-0.4, -0.2) is 38.6 Å². The minimum Gasteiger partial charge on any atom is -0.493 e. The van der Waals surface area contributed by atoms with Crippen LogP contribution in [0.3, 0.4) is 0 Å². The van der Waals surface area contributed by atoms with Gasteiger partial charge in [0.2, 0.25) is 0 Å². The van der Waals surface area contributed by atoms with Crippen molar-refractivity contribution >= 4 is 0 Å². The molecule has 2 aliphatic heterocycles. The van der Waals surface area contributed by atoms with Crippen molar-refractivity contribution in [1.29, 1.82) is 0 Å². The highest BCUT2D eigenvalue weighted by Crippen LogP contribution is 2.48. The van der Waals surface area contributed by atoms with Crippen LogP contribution < -0.4 is 9.47 Å². The van der Waals surface area contributed by atoms with Crippen LogP contribution in [0.2, 0.25) is 0 Å². The number of rotatable bonds is 16. The number of benzene rings is 2. The fraction of sp³-hybridized carbons (Fsp3) is 0.745. The van der Waals surface area contributed by atoms with Crippen molar-refractivity contribution in [3.63, 3.8) is 0 Å². The Bertz CT molecular complexity index is 1270. The topological polar surface area (TPSA) is 43.5 Å². The molecule has 4 atom stereocenters. The van der Waals surface area contributed by atoms with Gasteiger partial charge in [-0.05, 0) is 70.3 Å². The van der Waals surface area contributed by atoms with Gasteiger partial charge in [-0.1, -0.05) is 148 Å². The molecule has 0 N–H and O–H groups in total. The first-order valence-electron chi connectivity index (χ1n) is 20.4. The first-order valence-corrected chi connectivity index (χ1v) is 20.4. The fourth-order valence-corrected chi connectivity index (χ4v) is 7.69. The van der Waals surface area contributed by atoms with Gasteiger partial charge in [-0.3, -0.25) is 0 Å². The van der Waals surface area contributed by atoms with Gasteiger partial charge >= 0.3 is 0 Å². The molecule has 2 aliphatic rings. The highest BCUT2D eigenvalue weighted by Gasteiger charge is 2.36. The van der Waals surface area contributed by atoms with Gasteiger partial charge in [0.25, 0.3) is 0 Å². The van der Waals surface area contributed by atoms with E-state index in [0.717, 1.165) is 63.6 Å². The molecule has 2 fully saturated rings. The Balaban J connectivity index is 1.75. The summed E-state index contributed by atoms with van der Waals surface area (Å²) >= 11 is 0. The predicted octanol–water partition coefficient (Wildman–Crippen LogP) is 12.4. The maximum atomic E-state index is 6.85. The Morgan fingerprint density at radius 1 is 0.529 bits per heavy atom. The lowest BCUT2D eigenvalue weighted by molar-refractivity contribution is 0.256. The molecule has 0 bridgehead atoms. The zero-order chi connectivity index (χ0) is 38.2. The third-order valence-electron chi connectivity index (χ3n) is 11.6. The maximum absolute atomic E-state index is 6.85. The van der Waals surface area contributed by atoms with E-state index in [4.69, 9.17) is 18.9 Å². The summed E-state index contributed by atoms with van der Waals surface area (Å²) in [6, 6.07) is 9.85. The van der Waals surface area contributed by atoms with Gasteiger partial charge in [0.1, 0.15) is 11.5 Å². The van der Waals surface area contributed by atoms with E-state index in [-0.39, 0.29) is 27.1 Å². The minimum atomic E-state index is -0.256. The predicted molar refractivity (Wildman–Crippen MR) is 216 cm³/mol. The summed E-state index contributed by atoms with van der Waals surface area (Å²) in [5.41, 5.74) is 7.28. The molecule has 51 heavy (non-hydrogen) atoms. The summed E-state index contributed by atoms with van der Waals surface area (Å²) in [5.74, 6) is 3.45. The van der Waals surface area contributed by atoms with Crippen LogP contribution in [0.25, 0.3) is 0 Å². The van der Waals surface area contributed by atoms with E-state index in [9.17, 15) is 0 Å². The Labute approximate surface area is 314 Å². The highest BCUT2D eigenvalue weighted by atomic mass is 16.6. The molecule has 0 amide bonds. The average Bonchev–Trinajstić information content (AvgIpc) is 3.93. The number of ether oxygens (including phenoxy) is 4. The van der Waals surface area contributed by atoms with Gasteiger partial charge < -0.3 is 18.9 Å². The Hall–Kier alpha value is -2.04. The van der Waals surface area contributed by atoms with E-state index >= 15 is 0 Å². The molecule has 0 saturated carbocycles. The summed E-state index contributed by atoms with van der Waals surface area (Å²) in [7, 11) is 0. The van der Waals surface area contributed by atoms with Crippen LogP contribution in [0.4, 0.5) is 0 Å². The summed E-state index contributed by atoms with van der Waals surface area (Å²) in [5, 5.41) is 0. The number of hydrogen-bond donors (Lipinski definition) is 0. The molecule has 2 aromatic rings. The molecular formula is C47H76O4. The average molecular weight is 705 g/mol. The maximum Gasteiger partial charge on any atom is 0.126 e. The van der Waals surface area contributed by atoms with Crippen LogP contribution in [-0.2, 0) is 36.5 Å². The Morgan fingerprint density at radius 3 is 1.02 bits per heavy atom. The lowest BCUT2D eigenvalue weighted by Gasteiger charge is -2.37. The highest BCUT2D eigenvalue weighted by molar-refractivity contribution is 5.57. The summed E-state index contributed by atoms with van der Waals surface area (Å²) < 4.78 is 25.0. The van der Waals surface area contributed by atoms with Crippen molar-refractivity contribution < 1.29 is 18.9 Å². The van der Waals surface area contributed by atoms with E-state index in [1.165, 1.54) is 46.2 Å². The number of hydrogen-bond acceptors (Lipinski definition) is 4. The summed E-state index contributed by atoms with van der Waals surface area (Å²) in [6.07, 6.45) is 7.68. The molecule has 2 aromatic carbocycles. The molecular weight excluding hydrogens is 629 g/mol. The normalized spacial score (nSPS) is 19.5. The third-order valence-corrected chi connectivity index (χ3v) is 11.6. The molecule has 0 aromatic heterocycles. The van der Waals surface area contributed by atoms with Crippen molar-refractivity contribution in [2.45, 2.75) is 189 Å². The second-order valence-electron chi connectivity index (χ2n) is 20.5. The van der Waals surface area contributed by atoms with Gasteiger partial charge in [-0.25, -0.2) is 0 Å². The quantitative estimate of drug-likeness (QED) is 0.129. The van der Waals surface area contributed by atoms with Crippen LogP contribution >= 0.6 is 0 Å². The first kappa shape index (κ1) is 41.7. The monoisotopic (exact) mass is 705 g/mol. The third kappa shape index (κ3) is 10.6. The van der Waals surface area contributed by atoms with Gasteiger partial charge in [0, 0.05) is 27.7 Å². The lowest BCUT2D eigenvalue weighted by atomic mass is 9.69. The van der Waals surface area contributed by atoms with Crippen molar-refractivity contribution in [2.75, 3.05) is 26.4 Å². The molecule has 0 spiro atoms. The van der Waals surface area contributed by atoms with Crippen molar-refractivity contribution in [3.8, 4) is 11.5 Å². The molecule has 0 radical (unpaired) electrons. The zero-order valence-corrected chi connectivity index (χ0v) is 35.8. The second kappa shape index (κ2) is 15.7. The largest absolute Gasteiger partial charge is 0.493 e. The van der Waals surface area contributed by atoms with Crippen LogP contribution in [0.1, 0.15) is 183 Å². The van der Waals surface area contributed by atoms with Crippen LogP contribution in [0.15, 0.2) is 24.3 Å². The molecule has 4 nitrogen and oxygen atoms in total. The van der Waals surface area contributed by atoms with Crippen LogP contribution in [0.5, 0.6) is 11.5 Å². The van der Waals surface area contributed by atoms with Crippen LogP contribution in [0, 0.1) is 11.8 Å². The summed E-state index contributed by atoms with van der Waals surface area (Å²) in [4.78, 5) is 0. The van der Waals surface area contributed by atoms with Crippen molar-refractivity contribution in [1.82, 2.24) is 0 Å². The van der Waals surface area contributed by atoms with Gasteiger partial charge in [-0.15, -0.1) is 0 Å². The van der Waals surface area contributed by atoms with E-state index < -0.39 is 0 Å². The molecule has 4 unspecified atom stereocenters. The SMILES string of the molecule is CCC(CCCOc1c(C(C)(C)C)cc(C(C)(C)c2cc(C(C)(C)C)c(OCCCC(CC)C3CO3)c(C(C)(C)C)c2)cc1C(C)(C)C)C1CO1. The smallest absolute Gasteiger partial charge is 0.126 e. The van der Waals surface area contributed by atoms with Gasteiger partial charge in [0.15, 0.2) is 0 Å². The van der Waals surface area contributed by atoms with Gasteiger partial charge in [-0.2, -0.15) is 0 Å². The molecule has 0 aliphatic carbocycles. The fourth-order valence-electron chi connectivity index (χ4n) is 7.69. The van der Waals surface area contributed by atoms with Gasteiger partial charge in [0.05, 0.1) is 38.6 Å². The second-order valence-corrected chi connectivity index (χ2v) is 20.5. The molecule has 4 rings (SSSR count). The van der Waals surface area contributed by atoms with Crippen molar-refractivity contribution in [2.24, 2.45) is 11.8 Å². The molecule has 4 heteroatoms. The minimum absolute atomic E-state index is 0.0809. The lowest BCUT2D eigenvalue weighted by Crippen LogP contribution is -2.27. The standard InChI is InChI=1S/C47H76O4/c1-17-31(39-29-50-39)21-19-23-48-41-35(43(3,4)5)25-33(26-36(41)44(6,7)8)47(15,16)34-27-37(45(9,10)11)42(38(28-34)46(12,13)14)49-24-20-22-32(18-2)40-30-51-40/h25-28,31-32,39-40H,17-24,29-30H2,1-16H3. The Morgan fingerprint density at radius 2 is 0.804 bits per heavy atom. The molecule has 2 saturated heterocycles. The van der Waals surface area contributed by atoms with Crippen molar-refractivity contribution in [3.05, 3.63) is 57.6 Å². The van der Waals surface area contributed by atoms with E-state index in [2.05, 4.69) is 135 Å². The van der Waals surface area contributed by atoms with E-state index in [0.29, 0.717) is 24.0 Å².